The number of rotatable bonds is 0. The van der Waals surface area contributed by atoms with Gasteiger partial charge in [-0.15, -0.1) is 0 Å². The fourth-order valence-corrected chi connectivity index (χ4v) is 8.30. The van der Waals surface area contributed by atoms with E-state index >= 15 is 0 Å². The largest absolute Gasteiger partial charge is 0.352 e. The Hall–Kier alpha value is -2.18. The lowest BCUT2D eigenvalue weighted by Crippen LogP contribution is -2.46. The van der Waals surface area contributed by atoms with E-state index in [0.29, 0.717) is 11.8 Å². The molecule has 0 N–H and O–H groups in total. The molecule has 2 nitrogen and oxygen atoms in total. The van der Waals surface area contributed by atoms with Crippen molar-refractivity contribution in [1.82, 2.24) is 0 Å². The zero-order chi connectivity index (χ0) is 20.7. The summed E-state index contributed by atoms with van der Waals surface area (Å²) in [5.74, 6) is 1.18. The summed E-state index contributed by atoms with van der Waals surface area (Å²) in [6, 6.07) is 11.3. The number of nitrogens with zero attached hydrogens (tertiary/aromatic N) is 2. The van der Waals surface area contributed by atoms with Crippen molar-refractivity contribution in [3.8, 4) is 6.07 Å². The highest BCUT2D eigenvalue weighted by atomic mass is 32.2. The fourth-order valence-electron chi connectivity index (χ4n) is 6.92. The van der Waals surface area contributed by atoms with E-state index in [1.54, 1.807) is 11.1 Å². The van der Waals surface area contributed by atoms with Crippen LogP contribution in [-0.4, -0.2) is 11.9 Å². The van der Waals surface area contributed by atoms with Crippen molar-refractivity contribution in [3.63, 3.8) is 0 Å². The predicted octanol–water partition coefficient (Wildman–Crippen LogP) is 6.64. The smallest absolute Gasteiger partial charge is 0.128 e. The summed E-state index contributed by atoms with van der Waals surface area (Å²) in [6.07, 6.45) is 16.7. The number of benzene rings is 1. The van der Waals surface area contributed by atoms with Crippen LogP contribution in [0.25, 0.3) is 0 Å². The quantitative estimate of drug-likeness (QED) is 0.447. The molecule has 1 aliphatic heterocycles. The lowest BCUT2D eigenvalue weighted by atomic mass is 9.52. The van der Waals surface area contributed by atoms with Gasteiger partial charge in [0, 0.05) is 28.3 Å². The molecular formula is C27H28N2S. The van der Waals surface area contributed by atoms with Gasteiger partial charge < -0.3 is 4.90 Å². The molecule has 30 heavy (non-hydrogen) atoms. The minimum absolute atomic E-state index is 0.0288. The zero-order valence-electron chi connectivity index (χ0n) is 18.0. The van der Waals surface area contributed by atoms with Crippen molar-refractivity contribution in [2.75, 3.05) is 11.9 Å². The molecule has 1 fully saturated rings. The van der Waals surface area contributed by atoms with E-state index in [-0.39, 0.29) is 15.7 Å². The van der Waals surface area contributed by atoms with E-state index in [4.69, 9.17) is 0 Å². The first-order valence-electron chi connectivity index (χ1n) is 11.2. The molecule has 0 amide bonds. The second kappa shape index (κ2) is 5.95. The maximum atomic E-state index is 9.66. The first-order valence-corrected chi connectivity index (χ1v) is 12.0. The summed E-state index contributed by atoms with van der Waals surface area (Å²) in [7, 11) is 2.23. The van der Waals surface area contributed by atoms with Gasteiger partial charge in [-0.25, -0.2) is 0 Å². The summed E-state index contributed by atoms with van der Waals surface area (Å²) in [4.78, 5) is 3.71. The third-order valence-electron chi connectivity index (χ3n) is 8.81. The number of anilines is 1. The summed E-state index contributed by atoms with van der Waals surface area (Å²) in [6.45, 7) is 4.76. The van der Waals surface area contributed by atoms with Crippen LogP contribution in [0.1, 0.15) is 39.5 Å². The Bertz CT molecular complexity index is 1120. The molecule has 1 aromatic carbocycles. The maximum absolute atomic E-state index is 9.66. The van der Waals surface area contributed by atoms with Crippen LogP contribution >= 0.6 is 11.8 Å². The summed E-state index contributed by atoms with van der Waals surface area (Å²) < 4.78 is 0. The van der Waals surface area contributed by atoms with Crippen molar-refractivity contribution in [2.24, 2.45) is 22.7 Å². The number of thioether (sulfide) groups is 1. The Labute approximate surface area is 184 Å². The molecule has 5 atom stereocenters. The molecule has 0 saturated heterocycles. The second-order valence-electron chi connectivity index (χ2n) is 10.1. The molecule has 0 bridgehead atoms. The van der Waals surface area contributed by atoms with Crippen LogP contribution in [0.15, 0.2) is 76.3 Å². The Morgan fingerprint density at radius 3 is 2.80 bits per heavy atom. The van der Waals surface area contributed by atoms with Crippen LogP contribution in [0.4, 0.5) is 5.69 Å². The van der Waals surface area contributed by atoms with Gasteiger partial charge in [-0.3, -0.25) is 0 Å². The van der Waals surface area contributed by atoms with Gasteiger partial charge in [0.05, 0.1) is 11.8 Å². The lowest BCUT2D eigenvalue weighted by Gasteiger charge is -2.53. The molecule has 1 heterocycles. The van der Waals surface area contributed by atoms with Gasteiger partial charge in [0.1, 0.15) is 4.87 Å². The van der Waals surface area contributed by atoms with Crippen molar-refractivity contribution in [3.05, 3.63) is 71.4 Å². The first kappa shape index (κ1) is 18.6. The Balaban J connectivity index is 1.39. The van der Waals surface area contributed by atoms with Crippen LogP contribution in [0, 0.1) is 34.0 Å². The maximum Gasteiger partial charge on any atom is 0.128 e. The van der Waals surface area contributed by atoms with Crippen molar-refractivity contribution >= 4 is 17.4 Å². The highest BCUT2D eigenvalue weighted by Gasteiger charge is 2.54. The monoisotopic (exact) mass is 412 g/mol. The zero-order valence-corrected chi connectivity index (χ0v) is 18.8. The summed E-state index contributed by atoms with van der Waals surface area (Å²) in [5.41, 5.74) is 5.62. The molecule has 152 valence electrons. The Kier molecular flexibility index (Phi) is 3.68. The minimum Gasteiger partial charge on any atom is -0.352 e. The molecule has 0 aromatic heterocycles. The van der Waals surface area contributed by atoms with E-state index in [9.17, 15) is 5.26 Å². The Morgan fingerprint density at radius 1 is 1.17 bits per heavy atom. The van der Waals surface area contributed by atoms with Gasteiger partial charge in [0.2, 0.25) is 0 Å². The van der Waals surface area contributed by atoms with Crippen LogP contribution < -0.4 is 4.90 Å². The SMILES string of the molecule is CN1c2ccccc2SC12C=C[C@@]1(C)C(=C2)CC[C@@H]2C1=CC[C@]1(C)C(C#N)=CC[C@@H]21. The van der Waals surface area contributed by atoms with Gasteiger partial charge in [0.15, 0.2) is 0 Å². The molecule has 5 aliphatic rings. The molecule has 1 unspecified atom stereocenters. The van der Waals surface area contributed by atoms with E-state index in [1.165, 1.54) is 17.0 Å². The van der Waals surface area contributed by atoms with E-state index in [0.717, 1.165) is 24.8 Å². The van der Waals surface area contributed by atoms with Crippen molar-refractivity contribution < 1.29 is 0 Å². The lowest BCUT2D eigenvalue weighted by molar-refractivity contribution is 0.153. The van der Waals surface area contributed by atoms with Gasteiger partial charge >= 0.3 is 0 Å². The first-order chi connectivity index (χ1) is 14.4. The van der Waals surface area contributed by atoms with Gasteiger partial charge in [0.25, 0.3) is 0 Å². The van der Waals surface area contributed by atoms with E-state index in [2.05, 4.69) is 86.5 Å². The summed E-state index contributed by atoms with van der Waals surface area (Å²) in [5, 5.41) is 9.66. The number of allylic oxidation sites excluding steroid dienone is 6. The summed E-state index contributed by atoms with van der Waals surface area (Å²) >= 11 is 1.97. The van der Waals surface area contributed by atoms with Crippen LogP contribution in [0.5, 0.6) is 0 Å². The molecule has 1 aromatic rings. The molecular weight excluding hydrogens is 384 g/mol. The van der Waals surface area contributed by atoms with Gasteiger partial charge in [-0.05, 0) is 68.7 Å². The van der Waals surface area contributed by atoms with Crippen molar-refractivity contribution in [1.29, 1.82) is 5.26 Å². The molecule has 3 heteroatoms. The highest BCUT2D eigenvalue weighted by molar-refractivity contribution is 8.01. The fraction of sp³-hybridized carbons (Fsp3) is 0.444. The number of hydrogen-bond acceptors (Lipinski definition) is 3. The molecule has 0 radical (unpaired) electrons. The number of para-hydroxylation sites is 1. The molecule has 4 aliphatic carbocycles. The van der Waals surface area contributed by atoms with Crippen LogP contribution in [-0.2, 0) is 0 Å². The van der Waals surface area contributed by atoms with Crippen LogP contribution in [0.2, 0.25) is 0 Å². The average Bonchev–Trinajstić information content (AvgIpc) is 3.23. The number of nitriles is 1. The highest BCUT2D eigenvalue weighted by Crippen LogP contribution is 2.64. The average molecular weight is 413 g/mol. The van der Waals surface area contributed by atoms with E-state index in [1.807, 2.05) is 11.8 Å². The predicted molar refractivity (Wildman–Crippen MR) is 124 cm³/mol. The topological polar surface area (TPSA) is 27.0 Å². The number of likely N-dealkylation sites (N-methyl/N-ethyl adjacent to an activating group) is 1. The Morgan fingerprint density at radius 2 is 2.00 bits per heavy atom. The second-order valence-corrected chi connectivity index (χ2v) is 11.4. The van der Waals surface area contributed by atoms with Crippen LogP contribution in [0.3, 0.4) is 0 Å². The molecule has 6 rings (SSSR count). The third-order valence-corrected chi connectivity index (χ3v) is 10.2. The third kappa shape index (κ3) is 2.16. The molecule has 1 spiro atoms. The van der Waals surface area contributed by atoms with Crippen molar-refractivity contribution in [2.45, 2.75) is 49.3 Å². The number of hydrogen-bond donors (Lipinski definition) is 0. The number of fused-ring (bicyclic) bond motifs is 6. The van der Waals surface area contributed by atoms with Gasteiger partial charge in [-0.1, -0.05) is 60.2 Å². The molecule has 1 saturated carbocycles. The van der Waals surface area contributed by atoms with E-state index < -0.39 is 0 Å². The normalized spacial score (nSPS) is 40.6. The minimum atomic E-state index is -0.0992. The van der Waals surface area contributed by atoms with Gasteiger partial charge in [-0.2, -0.15) is 5.26 Å². The standard InChI is InChI=1S/C27H28N2S/c1-25-13-12-22-20(21(25)11-9-19(25)17-28)10-8-18-16-27(15-14-26(18,22)2)29(3)23-6-4-5-7-24(23)30-27/h4-7,9,12,14-16,20-21H,8,10-11,13H2,1-3H3/t20-,21-,25+,26-,27?/m0/s1.